The van der Waals surface area contributed by atoms with Crippen molar-refractivity contribution in [3.63, 3.8) is 0 Å². The second-order valence-corrected chi connectivity index (χ2v) is 5.13. The van der Waals surface area contributed by atoms with Crippen LogP contribution in [0.4, 0.5) is 0 Å². The zero-order chi connectivity index (χ0) is 12.8. The van der Waals surface area contributed by atoms with Crippen LogP contribution in [-0.2, 0) is 4.74 Å². The lowest BCUT2D eigenvalue weighted by atomic mass is 9.88. The Bertz CT molecular complexity index is 622. The number of nitrogens with two attached hydrogens (primary N) is 1. The first-order valence-electron chi connectivity index (χ1n) is 6.20. The quantitative estimate of drug-likeness (QED) is 0.750. The van der Waals surface area contributed by atoms with Gasteiger partial charge in [0, 0.05) is 6.61 Å². The second kappa shape index (κ2) is 3.96. The lowest BCUT2D eigenvalue weighted by Crippen LogP contribution is -2.37. The second-order valence-electron chi connectivity index (χ2n) is 5.13. The maximum atomic E-state index is 11.2. The van der Waals surface area contributed by atoms with Crippen molar-refractivity contribution in [3.05, 3.63) is 34.2 Å². The molecule has 1 aromatic carbocycles. The molecule has 1 aliphatic rings. The molecule has 2 atom stereocenters. The summed E-state index contributed by atoms with van der Waals surface area (Å²) in [5.74, 6) is 0. The van der Waals surface area contributed by atoms with E-state index in [1.54, 1.807) is 0 Å². The van der Waals surface area contributed by atoms with E-state index in [-0.39, 0.29) is 17.3 Å². The summed E-state index contributed by atoms with van der Waals surface area (Å²) in [6.45, 7) is 2.82. The maximum Gasteiger partial charge on any atom is 0.323 e. The maximum absolute atomic E-state index is 11.2. The Hall–Kier alpha value is -1.59. The number of rotatable bonds is 2. The zero-order valence-corrected chi connectivity index (χ0v) is 10.3. The Kier molecular flexibility index (Phi) is 2.53. The summed E-state index contributed by atoms with van der Waals surface area (Å²) in [6, 6.07) is 5.57. The monoisotopic (exact) mass is 247 g/mol. The van der Waals surface area contributed by atoms with Crippen molar-refractivity contribution < 1.29 is 4.74 Å². The van der Waals surface area contributed by atoms with Crippen LogP contribution in [0.3, 0.4) is 0 Å². The molecule has 2 aromatic rings. The molecule has 4 N–H and O–H groups in total. The van der Waals surface area contributed by atoms with Gasteiger partial charge < -0.3 is 20.4 Å². The zero-order valence-electron chi connectivity index (χ0n) is 10.3. The van der Waals surface area contributed by atoms with E-state index < -0.39 is 0 Å². The Morgan fingerprint density at radius 2 is 2.17 bits per heavy atom. The lowest BCUT2D eigenvalue weighted by molar-refractivity contribution is -0.00170. The van der Waals surface area contributed by atoms with E-state index in [9.17, 15) is 4.79 Å². The average molecular weight is 247 g/mol. The minimum Gasteiger partial charge on any atom is -0.373 e. The fraction of sp³-hybridized carbons (Fsp3) is 0.462. The summed E-state index contributed by atoms with van der Waals surface area (Å²) in [4.78, 5) is 16.7. The van der Waals surface area contributed by atoms with Gasteiger partial charge in [-0.2, -0.15) is 0 Å². The topological polar surface area (TPSA) is 83.9 Å². The number of aromatic amines is 2. The van der Waals surface area contributed by atoms with Crippen LogP contribution in [0.5, 0.6) is 0 Å². The largest absolute Gasteiger partial charge is 0.373 e. The standard InChI is InChI=1S/C13H17N3O2/c1-13(5-2-6-18-13)11(14)8-3-4-9-10(7-8)16-12(17)15-9/h3-4,7,11H,2,5-6,14H2,1H3,(H2,15,16,17). The number of aromatic nitrogens is 2. The molecule has 96 valence electrons. The minimum atomic E-state index is -0.301. The molecule has 5 heteroatoms. The lowest BCUT2D eigenvalue weighted by Gasteiger charge is -2.30. The van der Waals surface area contributed by atoms with Crippen molar-refractivity contribution >= 4 is 11.0 Å². The van der Waals surface area contributed by atoms with Crippen molar-refractivity contribution in [2.45, 2.75) is 31.4 Å². The first-order chi connectivity index (χ1) is 8.58. The van der Waals surface area contributed by atoms with Gasteiger partial charge in [-0.25, -0.2) is 4.79 Å². The van der Waals surface area contributed by atoms with Gasteiger partial charge in [0.2, 0.25) is 0 Å². The van der Waals surface area contributed by atoms with Crippen LogP contribution in [0.2, 0.25) is 0 Å². The van der Waals surface area contributed by atoms with Gasteiger partial charge in [-0.05, 0) is 37.5 Å². The van der Waals surface area contributed by atoms with E-state index in [4.69, 9.17) is 10.5 Å². The van der Waals surface area contributed by atoms with E-state index in [0.29, 0.717) is 0 Å². The Balaban J connectivity index is 2.00. The molecule has 1 fully saturated rings. The highest BCUT2D eigenvalue weighted by Gasteiger charge is 2.37. The van der Waals surface area contributed by atoms with Crippen LogP contribution >= 0.6 is 0 Å². The number of benzene rings is 1. The van der Waals surface area contributed by atoms with Crippen LogP contribution in [0.1, 0.15) is 31.4 Å². The molecule has 2 unspecified atom stereocenters. The molecule has 0 spiro atoms. The Morgan fingerprint density at radius 1 is 1.39 bits per heavy atom. The molecule has 1 aromatic heterocycles. The highest BCUT2D eigenvalue weighted by atomic mass is 16.5. The summed E-state index contributed by atoms with van der Waals surface area (Å²) in [5.41, 5.74) is 8.38. The fourth-order valence-electron chi connectivity index (χ4n) is 2.64. The van der Waals surface area contributed by atoms with Crippen molar-refractivity contribution in [3.8, 4) is 0 Å². The third kappa shape index (κ3) is 1.76. The van der Waals surface area contributed by atoms with Gasteiger partial charge in [0.05, 0.1) is 22.7 Å². The summed E-state index contributed by atoms with van der Waals surface area (Å²) >= 11 is 0. The fourth-order valence-corrected chi connectivity index (χ4v) is 2.64. The molecule has 3 rings (SSSR count). The molecule has 0 amide bonds. The molecule has 0 saturated carbocycles. The number of imidazole rings is 1. The van der Waals surface area contributed by atoms with Crippen molar-refractivity contribution in [2.75, 3.05) is 6.61 Å². The summed E-state index contributed by atoms with van der Waals surface area (Å²) in [5, 5.41) is 0. The Morgan fingerprint density at radius 3 is 2.89 bits per heavy atom. The molecule has 0 radical (unpaired) electrons. The molecular formula is C13H17N3O2. The van der Waals surface area contributed by atoms with Crippen LogP contribution in [0.15, 0.2) is 23.0 Å². The van der Waals surface area contributed by atoms with E-state index >= 15 is 0 Å². The molecule has 0 aliphatic carbocycles. The predicted octanol–water partition coefficient (Wildman–Crippen LogP) is 1.43. The van der Waals surface area contributed by atoms with Crippen LogP contribution in [-0.4, -0.2) is 22.2 Å². The van der Waals surface area contributed by atoms with Crippen LogP contribution in [0.25, 0.3) is 11.0 Å². The number of hydrogen-bond acceptors (Lipinski definition) is 3. The molecule has 1 aliphatic heterocycles. The molecule has 5 nitrogen and oxygen atoms in total. The smallest absolute Gasteiger partial charge is 0.323 e. The van der Waals surface area contributed by atoms with E-state index in [0.717, 1.165) is 36.0 Å². The summed E-state index contributed by atoms with van der Waals surface area (Å²) < 4.78 is 5.77. The van der Waals surface area contributed by atoms with Crippen LogP contribution in [0, 0.1) is 0 Å². The van der Waals surface area contributed by atoms with Gasteiger partial charge >= 0.3 is 5.69 Å². The Labute approximate surface area is 104 Å². The minimum absolute atomic E-state index is 0.178. The number of hydrogen-bond donors (Lipinski definition) is 3. The van der Waals surface area contributed by atoms with E-state index in [2.05, 4.69) is 16.9 Å². The van der Waals surface area contributed by atoms with Gasteiger partial charge in [0.25, 0.3) is 0 Å². The SMILES string of the molecule is CC1(C(N)c2ccc3[nH]c(=O)[nH]c3c2)CCCO1. The highest BCUT2D eigenvalue weighted by molar-refractivity contribution is 5.75. The van der Waals surface area contributed by atoms with Gasteiger partial charge in [-0.1, -0.05) is 6.07 Å². The average Bonchev–Trinajstić information content (AvgIpc) is 2.93. The summed E-state index contributed by atoms with van der Waals surface area (Å²) in [7, 11) is 0. The van der Waals surface area contributed by atoms with Crippen molar-refractivity contribution in [1.82, 2.24) is 9.97 Å². The molecule has 1 saturated heterocycles. The number of nitrogens with one attached hydrogen (secondary N) is 2. The number of ether oxygens (including phenoxy) is 1. The molecule has 0 bridgehead atoms. The number of H-pyrrole nitrogens is 2. The van der Waals surface area contributed by atoms with Crippen molar-refractivity contribution in [1.29, 1.82) is 0 Å². The van der Waals surface area contributed by atoms with Crippen LogP contribution < -0.4 is 11.4 Å². The van der Waals surface area contributed by atoms with Gasteiger partial charge in [-0.15, -0.1) is 0 Å². The van der Waals surface area contributed by atoms with Crippen molar-refractivity contribution in [2.24, 2.45) is 5.73 Å². The van der Waals surface area contributed by atoms with E-state index in [1.807, 2.05) is 18.2 Å². The summed E-state index contributed by atoms with van der Waals surface area (Å²) in [6.07, 6.45) is 2.02. The van der Waals surface area contributed by atoms with Gasteiger partial charge in [-0.3, -0.25) is 0 Å². The van der Waals surface area contributed by atoms with Gasteiger partial charge in [0.1, 0.15) is 0 Å². The first kappa shape index (κ1) is 11.5. The predicted molar refractivity (Wildman–Crippen MR) is 69.4 cm³/mol. The van der Waals surface area contributed by atoms with Gasteiger partial charge in [0.15, 0.2) is 0 Å². The number of fused-ring (bicyclic) bond motifs is 1. The molecule has 2 heterocycles. The highest BCUT2D eigenvalue weighted by Crippen LogP contribution is 2.36. The third-order valence-corrected chi connectivity index (χ3v) is 3.81. The normalized spacial score (nSPS) is 25.7. The molecular weight excluding hydrogens is 230 g/mol. The third-order valence-electron chi connectivity index (χ3n) is 3.81. The molecule has 18 heavy (non-hydrogen) atoms. The van der Waals surface area contributed by atoms with E-state index in [1.165, 1.54) is 0 Å². The first-order valence-corrected chi connectivity index (χ1v) is 6.20.